The zero-order valence-corrected chi connectivity index (χ0v) is 82.5. The van der Waals surface area contributed by atoms with Gasteiger partial charge in [0.15, 0.2) is 0 Å². The highest BCUT2D eigenvalue weighted by Crippen LogP contribution is 2.67. The molecule has 688 valence electrons. The zero-order valence-electron chi connectivity index (χ0n) is 82.5. The van der Waals surface area contributed by atoms with Crippen LogP contribution in [-0.4, -0.2) is 270 Å². The van der Waals surface area contributed by atoms with Gasteiger partial charge in [0.25, 0.3) is 0 Å². The Morgan fingerprint density at radius 2 is 0.702 bits per heavy atom. The third-order valence-electron chi connectivity index (χ3n) is 23.0. The minimum Gasteiger partial charge on any atom is -0.373 e. The highest BCUT2D eigenvalue weighted by molar-refractivity contribution is 5.06. The van der Waals surface area contributed by atoms with E-state index in [1.165, 1.54) is 247 Å². The van der Waals surface area contributed by atoms with Crippen LogP contribution in [0.4, 0.5) is 26.3 Å². The second-order valence-corrected chi connectivity index (χ2v) is 43.0. The Morgan fingerprint density at radius 3 is 0.930 bits per heavy atom. The molecule has 0 N–H and O–H groups in total. The highest BCUT2D eigenvalue weighted by atomic mass is 19.4. The van der Waals surface area contributed by atoms with Crippen molar-refractivity contribution in [3.63, 3.8) is 0 Å². The van der Waals surface area contributed by atoms with Crippen LogP contribution in [-0.2, 0) is 4.74 Å². The first-order chi connectivity index (χ1) is 52.7. The average molecular weight is 1640 g/mol. The fourth-order valence-corrected chi connectivity index (χ4v) is 17.2. The van der Waals surface area contributed by atoms with Crippen molar-refractivity contribution in [3.8, 4) is 0 Å². The molecule has 0 radical (unpaired) electrons. The summed E-state index contributed by atoms with van der Waals surface area (Å²) in [6, 6.07) is 1.63. The van der Waals surface area contributed by atoms with E-state index in [0.717, 1.165) is 78.4 Å². The maximum absolute atomic E-state index is 12.4. The number of nitrogens with zero attached hydrogens (tertiary/aromatic N) is 10. The number of likely N-dealkylation sites (N-methyl/N-ethyl adjacent to an activating group) is 1. The maximum Gasteiger partial charge on any atom is 0.395 e. The second-order valence-electron chi connectivity index (χ2n) is 43.0. The lowest BCUT2D eigenvalue weighted by atomic mass is 9.77. The fraction of sp³-hybridized carbons (Fsp3) is 1.00. The summed E-state index contributed by atoms with van der Waals surface area (Å²) in [6.07, 6.45) is 15.7. The summed E-state index contributed by atoms with van der Waals surface area (Å²) in [5.74, 6) is 7.42. The van der Waals surface area contributed by atoms with Gasteiger partial charge in [0.2, 0.25) is 0 Å². The molecule has 9 rings (SSSR count). The molecule has 7 aliphatic heterocycles. The van der Waals surface area contributed by atoms with Crippen LogP contribution in [0.2, 0.25) is 0 Å². The molecule has 7 saturated heterocycles. The first kappa shape index (κ1) is 115. The van der Waals surface area contributed by atoms with Gasteiger partial charge < -0.3 is 43.9 Å². The van der Waals surface area contributed by atoms with Crippen molar-refractivity contribution >= 4 is 0 Å². The molecule has 0 bridgehead atoms. The summed E-state index contributed by atoms with van der Waals surface area (Å²) in [5, 5.41) is 0. The number of alkyl halides is 6. The number of piperidine rings is 4. The summed E-state index contributed by atoms with van der Waals surface area (Å²) < 4.78 is 80.1. The first-order valence-corrected chi connectivity index (χ1v) is 47.7. The minimum absolute atomic E-state index is 0.216. The van der Waals surface area contributed by atoms with Crippen LogP contribution in [0.15, 0.2) is 0 Å². The summed E-state index contributed by atoms with van der Waals surface area (Å²) in [4.78, 5) is 25.1. The normalized spacial score (nSPS) is 22.9. The molecular formula is C97H202F6N10O. The van der Waals surface area contributed by atoms with E-state index in [9.17, 15) is 26.3 Å². The monoisotopic (exact) mass is 1640 g/mol. The molecule has 114 heavy (non-hydrogen) atoms. The van der Waals surface area contributed by atoms with Gasteiger partial charge in [0, 0.05) is 97.2 Å². The van der Waals surface area contributed by atoms with Gasteiger partial charge >= 0.3 is 12.4 Å². The molecular weight excluding hydrogens is 1440 g/mol. The number of ether oxygens (including phenoxy) is 1. The number of piperazine rings is 1. The molecule has 17 heteroatoms. The van der Waals surface area contributed by atoms with Gasteiger partial charge in [-0.1, -0.05) is 206 Å². The van der Waals surface area contributed by atoms with Crippen molar-refractivity contribution in [1.82, 2.24) is 49.0 Å². The Labute approximate surface area is 708 Å². The molecule has 0 aromatic heterocycles. The van der Waals surface area contributed by atoms with Crippen LogP contribution < -0.4 is 0 Å². The van der Waals surface area contributed by atoms with Crippen LogP contribution in [0, 0.1) is 74.9 Å². The Balaban J connectivity index is 0. The van der Waals surface area contributed by atoms with E-state index in [-0.39, 0.29) is 11.8 Å². The molecule has 0 aromatic carbocycles. The Bertz CT molecular complexity index is 2090. The van der Waals surface area contributed by atoms with Gasteiger partial charge in [0.1, 0.15) is 0 Å². The van der Waals surface area contributed by atoms with Crippen LogP contribution in [0.3, 0.4) is 0 Å². The van der Waals surface area contributed by atoms with Crippen LogP contribution in [0.5, 0.6) is 0 Å². The highest BCUT2D eigenvalue weighted by Gasteiger charge is 2.68. The van der Waals surface area contributed by atoms with Crippen molar-refractivity contribution in [3.05, 3.63) is 0 Å². The molecule has 0 spiro atoms. The van der Waals surface area contributed by atoms with Gasteiger partial charge in [-0.3, -0.25) is 9.80 Å². The lowest BCUT2D eigenvalue weighted by Crippen LogP contribution is -2.46. The standard InChI is InChI=1S/C11H23N.C10H21NO.C10H21N.C9H15F3.C9H20N2.2C9H19N.C8H13F3.C8H17N.C8H19N.C6H15N/c1-9(2)8-12-10(3)6-5-7-11(12)4;1-8(2)5-11-6-9(3)12-10(4)7-11;1-10(2)6-9-11-7-4-3-5-8-11;1-7(2,3)6-8(4-5-8)9(10,11)12;1-9(2)8-11-6-4-10(3)5-7-11;2*1-9(2)8-10-6-4-3-5-7-10;1-6(2,3)7(4-5-7)8(9,10)11;1-8(2)7-9-5-3-4-6-9;1-5-9(6-2)7-8(3)4;1-6(2)5-7(3)4/h9-11H,5-8H2,1-4H3;8-10H,5-7H2,1-4H3;10H,3-9H2,1-2H3;4-6H2,1-3H3;9H,4-8H2,1-3H3;2*9H,3-8H2,1-2H3;4-5H2,1-3H3;8H,3-7H2,1-2H3;8H,5-7H2,1-4H3;6H,5H2,1-4H3. The summed E-state index contributed by atoms with van der Waals surface area (Å²) in [6.45, 7) is 97.0. The molecule has 0 aromatic rings. The van der Waals surface area contributed by atoms with Crippen molar-refractivity contribution in [1.29, 1.82) is 0 Å². The van der Waals surface area contributed by atoms with Gasteiger partial charge in [-0.2, -0.15) is 26.3 Å². The van der Waals surface area contributed by atoms with E-state index in [2.05, 4.69) is 236 Å². The van der Waals surface area contributed by atoms with Crippen LogP contribution in [0.1, 0.15) is 336 Å². The quantitative estimate of drug-likeness (QED) is 0.0974. The first-order valence-electron chi connectivity index (χ1n) is 47.7. The molecule has 4 atom stereocenters. The Hall–Kier alpha value is -0.860. The van der Waals surface area contributed by atoms with E-state index in [0.29, 0.717) is 37.9 Å². The Morgan fingerprint density at radius 1 is 0.377 bits per heavy atom. The van der Waals surface area contributed by atoms with Gasteiger partial charge in [0.05, 0.1) is 23.0 Å². The summed E-state index contributed by atoms with van der Waals surface area (Å²) in [7, 11) is 6.40. The number of hydrogen-bond donors (Lipinski definition) is 0. The molecule has 11 nitrogen and oxygen atoms in total. The smallest absolute Gasteiger partial charge is 0.373 e. The molecule has 9 fully saturated rings. The SMILES string of the molecule is CC(C)(C)C1(C(F)(F)F)CC1.CC(C)(C)CC1(C(F)(F)F)CC1.CC(C)CCN1CCCCC1.CC(C)CN(C)C.CC(C)CN1C(C)CCCC1C.CC(C)CN1CC(C)OC(C)C1.CC(C)CN1CCCC1.CC(C)CN1CCCCC1.CC(C)CN1CCCCC1.CC(C)CN1CCN(C)CC1.CCN(CC)CC(C)C. The number of morpholine rings is 1. The Kier molecular flexibility index (Phi) is 62.1. The van der Waals surface area contributed by atoms with E-state index in [4.69, 9.17) is 4.74 Å². The third kappa shape index (κ3) is 59.8. The van der Waals surface area contributed by atoms with E-state index in [1.807, 2.05) is 20.8 Å². The van der Waals surface area contributed by atoms with Crippen molar-refractivity contribution in [2.24, 2.45) is 74.9 Å². The number of rotatable bonds is 22. The van der Waals surface area contributed by atoms with Gasteiger partial charge in [-0.05, 0) is 294 Å². The van der Waals surface area contributed by atoms with Gasteiger partial charge in [-0.25, -0.2) is 0 Å². The average Bonchev–Trinajstić information content (AvgIpc) is 1.58. The fourth-order valence-electron chi connectivity index (χ4n) is 17.2. The summed E-state index contributed by atoms with van der Waals surface area (Å²) >= 11 is 0. The van der Waals surface area contributed by atoms with E-state index >= 15 is 0 Å². The van der Waals surface area contributed by atoms with E-state index in [1.54, 1.807) is 20.8 Å². The summed E-state index contributed by atoms with van der Waals surface area (Å²) in [5.41, 5.74) is -3.55. The van der Waals surface area contributed by atoms with Gasteiger partial charge in [-0.15, -0.1) is 0 Å². The number of hydrogen-bond acceptors (Lipinski definition) is 11. The third-order valence-corrected chi connectivity index (χ3v) is 23.0. The zero-order chi connectivity index (χ0) is 87.8. The van der Waals surface area contributed by atoms with Crippen molar-refractivity contribution < 1.29 is 31.1 Å². The molecule has 4 unspecified atom stereocenters. The molecule has 9 aliphatic rings. The largest absolute Gasteiger partial charge is 0.395 e. The van der Waals surface area contributed by atoms with Crippen LogP contribution in [0.25, 0.3) is 0 Å². The predicted molar refractivity (Wildman–Crippen MR) is 490 cm³/mol. The lowest BCUT2D eigenvalue weighted by molar-refractivity contribution is -0.215. The molecule has 0 amide bonds. The molecule has 2 aliphatic carbocycles. The minimum atomic E-state index is -4.01. The van der Waals surface area contributed by atoms with Crippen molar-refractivity contribution in [2.75, 3.05) is 185 Å². The van der Waals surface area contributed by atoms with Crippen LogP contribution >= 0.6 is 0 Å². The predicted octanol–water partition coefficient (Wildman–Crippen LogP) is 24.4. The second kappa shape index (κ2) is 61.4. The number of halogens is 6. The molecule has 7 heterocycles. The molecule has 2 saturated carbocycles. The topological polar surface area (TPSA) is 41.6 Å². The van der Waals surface area contributed by atoms with E-state index < -0.39 is 28.6 Å². The number of likely N-dealkylation sites (tertiary alicyclic amines) is 5. The van der Waals surface area contributed by atoms with Crippen molar-refractivity contribution in [2.45, 2.75) is 373 Å². The maximum atomic E-state index is 12.4. The lowest BCUT2D eigenvalue weighted by Gasteiger charge is -2.40.